The smallest absolute Gasteiger partial charge is 0.275 e. The van der Waals surface area contributed by atoms with Gasteiger partial charge in [-0.2, -0.15) is 4.57 Å². The minimum Gasteiger partial charge on any atom is -0.378 e. The number of fused-ring (bicyclic) bond motifs is 1. The van der Waals surface area contributed by atoms with E-state index in [-0.39, 0.29) is 11.6 Å². The molecule has 5 rings (SSSR count). The Balaban J connectivity index is 1.38. The maximum atomic E-state index is 13.1. The molecule has 0 amide bonds. The molecular weight excluding hydrogens is 419 g/mol. The van der Waals surface area contributed by atoms with E-state index in [4.69, 9.17) is 4.74 Å². The second-order valence-corrected chi connectivity index (χ2v) is 8.70. The van der Waals surface area contributed by atoms with E-state index in [1.807, 2.05) is 16.8 Å². The number of Topliss-reactive ketones (excluding diaryl/α,β-unsaturated/α-hetero) is 1. The number of halogens is 1. The second-order valence-electron chi connectivity index (χ2n) is 7.60. The van der Waals surface area contributed by atoms with Gasteiger partial charge in [0.15, 0.2) is 11.3 Å². The molecule has 9 heteroatoms. The summed E-state index contributed by atoms with van der Waals surface area (Å²) in [6, 6.07) is 10.0. The van der Waals surface area contributed by atoms with E-state index in [0.717, 1.165) is 29.2 Å². The summed E-state index contributed by atoms with van der Waals surface area (Å²) in [4.78, 5) is 22.1. The number of pyridine rings is 1. The number of carbonyl (C=O) groups excluding carboxylic acids is 1. The van der Waals surface area contributed by atoms with Crippen molar-refractivity contribution in [3.63, 3.8) is 0 Å². The van der Waals surface area contributed by atoms with Crippen LogP contribution in [0.4, 0.5) is 15.2 Å². The van der Waals surface area contributed by atoms with E-state index in [1.54, 1.807) is 29.3 Å². The molecule has 1 saturated heterocycles. The van der Waals surface area contributed by atoms with Crippen LogP contribution in [0.15, 0.2) is 48.8 Å². The highest BCUT2D eigenvalue weighted by Gasteiger charge is 2.40. The van der Waals surface area contributed by atoms with Gasteiger partial charge in [-0.15, -0.1) is 11.3 Å². The first-order valence-electron chi connectivity index (χ1n) is 10.1. The van der Waals surface area contributed by atoms with Gasteiger partial charge in [0.25, 0.3) is 11.5 Å². The number of aromatic nitrogens is 2. The van der Waals surface area contributed by atoms with Crippen molar-refractivity contribution in [2.45, 2.75) is 19.3 Å². The lowest BCUT2D eigenvalue weighted by molar-refractivity contribution is -0.701. The number of carbonyl (C=O) groups is 1. The zero-order valence-electron chi connectivity index (χ0n) is 16.8. The monoisotopic (exact) mass is 441 g/mol. The Labute approximate surface area is 182 Å². The second kappa shape index (κ2) is 8.33. The van der Waals surface area contributed by atoms with Crippen LogP contribution in [0.25, 0.3) is 0 Å². The fraction of sp³-hybridized carbons (Fsp3) is 0.318. The number of ketones is 1. The molecule has 2 aliphatic rings. The Kier molecular flexibility index (Phi) is 5.39. The van der Waals surface area contributed by atoms with Crippen molar-refractivity contribution < 1.29 is 23.6 Å². The number of hydrogen-bond donors (Lipinski definition) is 1. The van der Waals surface area contributed by atoms with Crippen LogP contribution in [0.5, 0.6) is 0 Å². The first-order chi connectivity index (χ1) is 15.1. The maximum absolute atomic E-state index is 13.1. The summed E-state index contributed by atoms with van der Waals surface area (Å²) in [5.74, 6) is -0.620. The Morgan fingerprint density at radius 2 is 1.97 bits per heavy atom. The number of anilines is 2. The molecular formula is C22H22FN4O3S+. The van der Waals surface area contributed by atoms with Crippen LogP contribution in [0.1, 0.15) is 20.9 Å². The van der Waals surface area contributed by atoms with Gasteiger partial charge in [-0.05, 0) is 23.8 Å². The molecule has 1 atom stereocenters. The SMILES string of the molecule is O=C1c2ccc(N3CCOCC3)c[n+]2CN(c2ncc(Cc3ccc(F)cc3)s2)C1O. The largest absolute Gasteiger partial charge is 0.378 e. The van der Waals surface area contributed by atoms with Gasteiger partial charge < -0.3 is 14.7 Å². The summed E-state index contributed by atoms with van der Waals surface area (Å²) < 4.78 is 20.4. The number of hydrogen-bond acceptors (Lipinski definition) is 7. The lowest BCUT2D eigenvalue weighted by atomic mass is 10.1. The minimum absolute atomic E-state index is 0.268. The van der Waals surface area contributed by atoms with E-state index in [1.165, 1.54) is 23.5 Å². The summed E-state index contributed by atoms with van der Waals surface area (Å²) in [7, 11) is 0. The van der Waals surface area contributed by atoms with Crippen molar-refractivity contribution >= 4 is 27.9 Å². The van der Waals surface area contributed by atoms with Crippen LogP contribution < -0.4 is 14.4 Å². The molecule has 31 heavy (non-hydrogen) atoms. The van der Waals surface area contributed by atoms with Crippen LogP contribution in [-0.2, 0) is 17.8 Å². The zero-order valence-corrected chi connectivity index (χ0v) is 17.6. The molecule has 2 aliphatic heterocycles. The van der Waals surface area contributed by atoms with Gasteiger partial charge >= 0.3 is 0 Å². The molecule has 0 spiro atoms. The van der Waals surface area contributed by atoms with Gasteiger partial charge in [-0.3, -0.25) is 9.69 Å². The van der Waals surface area contributed by atoms with Crippen LogP contribution in [0, 0.1) is 5.82 Å². The predicted molar refractivity (Wildman–Crippen MR) is 114 cm³/mol. The van der Waals surface area contributed by atoms with Crippen LogP contribution in [-0.4, -0.2) is 48.4 Å². The quantitative estimate of drug-likeness (QED) is 0.625. The number of aliphatic hydroxyl groups excluding tert-OH is 1. The summed E-state index contributed by atoms with van der Waals surface area (Å²) >= 11 is 1.42. The molecule has 160 valence electrons. The Morgan fingerprint density at radius 1 is 1.19 bits per heavy atom. The number of aliphatic hydroxyl groups is 1. The Bertz CT molecular complexity index is 1100. The average molecular weight is 442 g/mol. The fourth-order valence-electron chi connectivity index (χ4n) is 3.88. The zero-order chi connectivity index (χ0) is 21.4. The van der Waals surface area contributed by atoms with Gasteiger partial charge in [-0.1, -0.05) is 12.1 Å². The molecule has 0 aliphatic carbocycles. The Morgan fingerprint density at radius 3 is 2.74 bits per heavy atom. The van der Waals surface area contributed by atoms with Crippen molar-refractivity contribution in [1.82, 2.24) is 4.98 Å². The van der Waals surface area contributed by atoms with E-state index < -0.39 is 6.23 Å². The van der Waals surface area contributed by atoms with Crippen molar-refractivity contribution in [1.29, 1.82) is 0 Å². The lowest BCUT2D eigenvalue weighted by Crippen LogP contribution is -2.60. The third kappa shape index (κ3) is 4.04. The summed E-state index contributed by atoms with van der Waals surface area (Å²) in [6.45, 7) is 3.30. The van der Waals surface area contributed by atoms with Crippen molar-refractivity contribution in [3.05, 3.63) is 70.7 Å². The van der Waals surface area contributed by atoms with Crippen LogP contribution in [0.3, 0.4) is 0 Å². The number of ether oxygens (including phenoxy) is 1. The maximum Gasteiger partial charge on any atom is 0.275 e. The summed E-state index contributed by atoms with van der Waals surface area (Å²) in [5, 5.41) is 11.2. The summed E-state index contributed by atoms with van der Waals surface area (Å²) in [6.07, 6.45) is 3.02. The highest BCUT2D eigenvalue weighted by atomic mass is 32.1. The molecule has 1 unspecified atom stereocenters. The fourth-order valence-corrected chi connectivity index (χ4v) is 4.84. The molecule has 1 N–H and O–H groups in total. The topological polar surface area (TPSA) is 69.8 Å². The lowest BCUT2D eigenvalue weighted by Gasteiger charge is -2.30. The average Bonchev–Trinajstić information content (AvgIpc) is 3.26. The van der Waals surface area contributed by atoms with E-state index in [2.05, 4.69) is 9.88 Å². The number of benzene rings is 1. The van der Waals surface area contributed by atoms with Gasteiger partial charge in [0, 0.05) is 36.7 Å². The molecule has 7 nitrogen and oxygen atoms in total. The third-order valence-corrected chi connectivity index (χ3v) is 6.59. The molecule has 4 heterocycles. The highest BCUT2D eigenvalue weighted by molar-refractivity contribution is 7.15. The number of thiazole rings is 1. The van der Waals surface area contributed by atoms with Crippen molar-refractivity contribution in [2.75, 3.05) is 36.1 Å². The van der Waals surface area contributed by atoms with Gasteiger partial charge in [0.1, 0.15) is 11.5 Å². The molecule has 0 bridgehead atoms. The number of rotatable bonds is 4. The van der Waals surface area contributed by atoms with Crippen molar-refractivity contribution in [3.8, 4) is 0 Å². The van der Waals surface area contributed by atoms with E-state index >= 15 is 0 Å². The van der Waals surface area contributed by atoms with Gasteiger partial charge in [0.05, 0.1) is 13.2 Å². The molecule has 3 aromatic rings. The normalized spacial score (nSPS) is 18.9. The van der Waals surface area contributed by atoms with Crippen LogP contribution in [0.2, 0.25) is 0 Å². The van der Waals surface area contributed by atoms with Crippen molar-refractivity contribution in [2.24, 2.45) is 0 Å². The molecule has 0 radical (unpaired) electrons. The van der Waals surface area contributed by atoms with Crippen LogP contribution >= 0.6 is 11.3 Å². The molecule has 1 aromatic carbocycles. The van der Waals surface area contributed by atoms with Gasteiger partial charge in [0.2, 0.25) is 12.9 Å². The Hall–Kier alpha value is -2.88. The third-order valence-electron chi connectivity index (χ3n) is 5.55. The number of morpholine rings is 1. The minimum atomic E-state index is -1.28. The van der Waals surface area contributed by atoms with E-state index in [0.29, 0.717) is 37.1 Å². The molecule has 0 saturated carbocycles. The summed E-state index contributed by atoms with van der Waals surface area (Å²) in [5.41, 5.74) is 2.47. The number of nitrogens with zero attached hydrogens (tertiary/aromatic N) is 4. The first kappa shape index (κ1) is 20.0. The first-order valence-corrected chi connectivity index (χ1v) is 10.9. The highest BCUT2D eigenvalue weighted by Crippen LogP contribution is 2.28. The molecule has 2 aromatic heterocycles. The van der Waals surface area contributed by atoms with E-state index in [9.17, 15) is 14.3 Å². The van der Waals surface area contributed by atoms with Gasteiger partial charge in [-0.25, -0.2) is 9.37 Å². The molecule has 1 fully saturated rings. The standard InChI is InChI=1S/C22H22FN4O3S/c23-16-3-1-15(2-4-16)11-18-12-24-22(31-18)27-14-26-13-17(25-7-9-30-10-8-25)5-6-19(26)20(28)21(27)29/h1-6,12-13,21,29H,7-11,14H2/q+1. The predicted octanol–water partition coefficient (Wildman–Crippen LogP) is 1.98.